The first-order valence-electron chi connectivity index (χ1n) is 4.48. The van der Waals surface area contributed by atoms with Crippen molar-refractivity contribution >= 4 is 22.6 Å². The largest absolute Gasteiger partial charge is 0.478 e. The molecule has 0 bridgehead atoms. The predicted octanol–water partition coefficient (Wildman–Crippen LogP) is 1.82. The van der Waals surface area contributed by atoms with Crippen molar-refractivity contribution in [1.29, 1.82) is 0 Å². The second-order valence-corrected chi connectivity index (χ2v) is 3.36. The van der Waals surface area contributed by atoms with Crippen LogP contribution in [0.1, 0.15) is 15.9 Å². The number of fused-ring (bicyclic) bond motifs is 1. The third kappa shape index (κ3) is 1.40. The fraction of sp³-hybridized carbons (Fsp3) is 0.0909. The molecule has 1 aromatic carbocycles. The van der Waals surface area contributed by atoms with Crippen LogP contribution >= 0.6 is 0 Å². The molecule has 0 aliphatic rings. The van der Waals surface area contributed by atoms with Gasteiger partial charge in [0.2, 0.25) is 0 Å². The van der Waals surface area contributed by atoms with Crippen molar-refractivity contribution < 1.29 is 9.90 Å². The summed E-state index contributed by atoms with van der Waals surface area (Å²) in [5.74, 6) is -1.02. The number of aromatic nitrogens is 1. The van der Waals surface area contributed by atoms with Crippen LogP contribution in [0.4, 0.5) is 5.69 Å². The highest BCUT2D eigenvalue weighted by Gasteiger charge is 2.14. The van der Waals surface area contributed by atoms with E-state index in [1.165, 1.54) is 0 Å². The van der Waals surface area contributed by atoms with Crippen molar-refractivity contribution in [2.24, 2.45) is 0 Å². The van der Waals surface area contributed by atoms with E-state index in [2.05, 4.69) is 4.98 Å². The number of hydrogen-bond acceptors (Lipinski definition) is 3. The SMILES string of the molecule is Cc1cc2cccnc2c(N)c1C(=O)O. The second kappa shape index (κ2) is 3.24. The van der Waals surface area contributed by atoms with E-state index in [0.29, 0.717) is 11.1 Å². The number of benzene rings is 1. The van der Waals surface area contributed by atoms with Crippen LogP contribution in [-0.4, -0.2) is 16.1 Å². The summed E-state index contributed by atoms with van der Waals surface area (Å²) in [7, 11) is 0. The highest BCUT2D eigenvalue weighted by molar-refractivity contribution is 6.04. The van der Waals surface area contributed by atoms with Gasteiger partial charge < -0.3 is 10.8 Å². The number of nitrogen functional groups attached to an aromatic ring is 1. The van der Waals surface area contributed by atoms with Crippen molar-refractivity contribution in [3.05, 3.63) is 35.5 Å². The number of hydrogen-bond donors (Lipinski definition) is 2. The number of pyridine rings is 1. The number of rotatable bonds is 1. The van der Waals surface area contributed by atoms with E-state index in [9.17, 15) is 4.79 Å². The zero-order valence-electron chi connectivity index (χ0n) is 8.19. The Morgan fingerprint density at radius 2 is 2.27 bits per heavy atom. The number of anilines is 1. The maximum atomic E-state index is 11.0. The molecule has 76 valence electrons. The molecular formula is C11H10N2O2. The lowest BCUT2D eigenvalue weighted by Gasteiger charge is -2.07. The standard InChI is InChI=1S/C11H10N2O2/c1-6-5-7-3-2-4-13-10(7)9(12)8(6)11(14)15/h2-5H,12H2,1H3,(H,14,15). The van der Waals surface area contributed by atoms with Gasteiger partial charge in [0.1, 0.15) is 0 Å². The summed E-state index contributed by atoms with van der Waals surface area (Å²) in [6.45, 7) is 1.73. The smallest absolute Gasteiger partial charge is 0.338 e. The van der Waals surface area contributed by atoms with Gasteiger partial charge in [-0.15, -0.1) is 0 Å². The van der Waals surface area contributed by atoms with E-state index >= 15 is 0 Å². The Labute approximate surface area is 86.4 Å². The van der Waals surface area contributed by atoms with E-state index in [4.69, 9.17) is 10.8 Å². The molecule has 0 amide bonds. The summed E-state index contributed by atoms with van der Waals surface area (Å²) in [5.41, 5.74) is 7.35. The Kier molecular flexibility index (Phi) is 2.04. The lowest BCUT2D eigenvalue weighted by molar-refractivity contribution is 0.0697. The highest BCUT2D eigenvalue weighted by Crippen LogP contribution is 2.26. The lowest BCUT2D eigenvalue weighted by atomic mass is 10.0. The lowest BCUT2D eigenvalue weighted by Crippen LogP contribution is -2.06. The van der Waals surface area contributed by atoms with E-state index < -0.39 is 5.97 Å². The Hall–Kier alpha value is -2.10. The van der Waals surface area contributed by atoms with Crippen LogP contribution in [-0.2, 0) is 0 Å². The molecule has 3 N–H and O–H groups in total. The van der Waals surface area contributed by atoms with Crippen molar-refractivity contribution in [3.8, 4) is 0 Å². The van der Waals surface area contributed by atoms with Gasteiger partial charge in [-0.25, -0.2) is 4.79 Å². The fourth-order valence-corrected chi connectivity index (χ4v) is 1.68. The molecule has 2 rings (SSSR count). The van der Waals surface area contributed by atoms with Gasteiger partial charge in [-0.1, -0.05) is 6.07 Å². The average Bonchev–Trinajstić information content (AvgIpc) is 2.17. The van der Waals surface area contributed by atoms with E-state index in [1.807, 2.05) is 6.07 Å². The monoisotopic (exact) mass is 202 g/mol. The zero-order valence-corrected chi connectivity index (χ0v) is 8.19. The van der Waals surface area contributed by atoms with Crippen LogP contribution in [0.25, 0.3) is 10.9 Å². The number of nitrogens with zero attached hydrogens (tertiary/aromatic N) is 1. The molecule has 1 aromatic heterocycles. The Morgan fingerprint density at radius 3 is 2.93 bits per heavy atom. The third-order valence-corrected chi connectivity index (χ3v) is 2.34. The number of aromatic carboxylic acids is 1. The molecule has 2 aromatic rings. The van der Waals surface area contributed by atoms with Crippen molar-refractivity contribution in [3.63, 3.8) is 0 Å². The summed E-state index contributed by atoms with van der Waals surface area (Å²) >= 11 is 0. The molecule has 0 saturated heterocycles. The molecular weight excluding hydrogens is 192 g/mol. The minimum Gasteiger partial charge on any atom is -0.478 e. The maximum Gasteiger partial charge on any atom is 0.338 e. The quantitative estimate of drug-likeness (QED) is 0.691. The number of carbonyl (C=O) groups is 1. The van der Waals surface area contributed by atoms with Crippen molar-refractivity contribution in [1.82, 2.24) is 4.98 Å². The van der Waals surface area contributed by atoms with Crippen LogP contribution in [0.2, 0.25) is 0 Å². The number of nitrogens with two attached hydrogens (primary N) is 1. The van der Waals surface area contributed by atoms with Crippen LogP contribution in [0, 0.1) is 6.92 Å². The molecule has 0 radical (unpaired) electrons. The van der Waals surface area contributed by atoms with Crippen molar-refractivity contribution in [2.45, 2.75) is 6.92 Å². The molecule has 4 heteroatoms. The summed E-state index contributed by atoms with van der Waals surface area (Å²) in [6.07, 6.45) is 1.60. The van der Waals surface area contributed by atoms with Crippen LogP contribution in [0.3, 0.4) is 0 Å². The fourth-order valence-electron chi connectivity index (χ4n) is 1.68. The second-order valence-electron chi connectivity index (χ2n) is 3.36. The Bertz CT molecular complexity index is 550. The molecule has 0 spiro atoms. The van der Waals surface area contributed by atoms with Gasteiger partial charge in [-0.3, -0.25) is 4.98 Å². The van der Waals surface area contributed by atoms with E-state index in [0.717, 1.165) is 5.39 Å². The summed E-state index contributed by atoms with van der Waals surface area (Å²) in [6, 6.07) is 5.43. The van der Waals surface area contributed by atoms with Gasteiger partial charge >= 0.3 is 5.97 Å². The van der Waals surface area contributed by atoms with Gasteiger partial charge in [0.05, 0.1) is 16.8 Å². The van der Waals surface area contributed by atoms with Crippen LogP contribution in [0.5, 0.6) is 0 Å². The van der Waals surface area contributed by atoms with E-state index in [-0.39, 0.29) is 11.3 Å². The first-order chi connectivity index (χ1) is 7.11. The Morgan fingerprint density at radius 1 is 1.53 bits per heavy atom. The molecule has 0 unspecified atom stereocenters. The molecule has 0 atom stereocenters. The molecule has 0 fully saturated rings. The minimum atomic E-state index is -1.02. The van der Waals surface area contributed by atoms with Gasteiger partial charge in [-0.05, 0) is 24.6 Å². The number of aryl methyl sites for hydroxylation is 1. The summed E-state index contributed by atoms with van der Waals surface area (Å²) in [5, 5.41) is 9.86. The normalized spacial score (nSPS) is 10.5. The van der Waals surface area contributed by atoms with E-state index in [1.54, 1.807) is 25.3 Å². The summed E-state index contributed by atoms with van der Waals surface area (Å²) < 4.78 is 0. The molecule has 1 heterocycles. The first-order valence-corrected chi connectivity index (χ1v) is 4.48. The van der Waals surface area contributed by atoms with Crippen LogP contribution in [0.15, 0.2) is 24.4 Å². The van der Waals surface area contributed by atoms with Gasteiger partial charge in [0.15, 0.2) is 0 Å². The molecule has 15 heavy (non-hydrogen) atoms. The predicted molar refractivity (Wildman–Crippen MR) is 57.9 cm³/mol. The molecule has 0 aliphatic heterocycles. The topological polar surface area (TPSA) is 76.2 Å². The maximum absolute atomic E-state index is 11.0. The molecule has 4 nitrogen and oxygen atoms in total. The number of carboxylic acids is 1. The minimum absolute atomic E-state index is 0.140. The van der Waals surface area contributed by atoms with Gasteiger partial charge in [0.25, 0.3) is 0 Å². The summed E-state index contributed by atoms with van der Waals surface area (Å²) in [4.78, 5) is 15.1. The van der Waals surface area contributed by atoms with Gasteiger partial charge in [0, 0.05) is 11.6 Å². The molecule has 0 aliphatic carbocycles. The molecule has 0 saturated carbocycles. The van der Waals surface area contributed by atoms with Crippen LogP contribution < -0.4 is 5.73 Å². The third-order valence-electron chi connectivity index (χ3n) is 2.34. The number of carboxylic acid groups (broad SMARTS) is 1. The average molecular weight is 202 g/mol. The van der Waals surface area contributed by atoms with Crippen molar-refractivity contribution in [2.75, 3.05) is 5.73 Å². The highest BCUT2D eigenvalue weighted by atomic mass is 16.4. The Balaban J connectivity index is 2.90. The van der Waals surface area contributed by atoms with Gasteiger partial charge in [-0.2, -0.15) is 0 Å². The first kappa shape index (κ1) is 9.45. The zero-order chi connectivity index (χ0) is 11.0.